The maximum absolute atomic E-state index is 13.7. The van der Waals surface area contributed by atoms with E-state index in [0.717, 1.165) is 60.9 Å². The highest BCUT2D eigenvalue weighted by molar-refractivity contribution is 5.95. The zero-order chi connectivity index (χ0) is 45.9. The second kappa shape index (κ2) is 25.3. The van der Waals surface area contributed by atoms with Crippen molar-refractivity contribution in [1.29, 1.82) is 0 Å². The molecular formula is C49H73N7O7. The number of piperidine rings is 1. The summed E-state index contributed by atoms with van der Waals surface area (Å²) >= 11 is 0. The average molecular weight is 872 g/mol. The third-order valence-corrected chi connectivity index (χ3v) is 13.0. The minimum Gasteiger partial charge on any atom is -0.381 e. The normalized spacial score (nSPS) is 16.4. The Morgan fingerprint density at radius 2 is 1.59 bits per heavy atom. The highest BCUT2D eigenvalue weighted by atomic mass is 16.5. The number of hydrogen-bond donors (Lipinski definition) is 5. The number of nitrogens with zero attached hydrogens (tertiary/aromatic N) is 2. The molecule has 63 heavy (non-hydrogen) atoms. The van der Waals surface area contributed by atoms with Crippen LogP contribution in [0, 0.1) is 30.1 Å². The second-order valence-electron chi connectivity index (χ2n) is 17.9. The number of ether oxygens (including phenoxy) is 1. The lowest BCUT2D eigenvalue weighted by atomic mass is 9.65. The SMILES string of the molecule is C=Cc1ccccc1CN(C(=O)CCNC(=O)C1CCC2(CC1)CCN(C(=O)C(C)CCOCCC(=O)N[C@H](C(=O)N[C@@H](CCCCN)C(N)=O)C(C)C)CC2)c1ccccc1C. The molecule has 1 heterocycles. The van der Waals surface area contributed by atoms with Crippen molar-refractivity contribution in [3.8, 4) is 0 Å². The van der Waals surface area contributed by atoms with E-state index in [1.807, 2.05) is 81.1 Å². The third-order valence-electron chi connectivity index (χ3n) is 13.0. The fourth-order valence-electron chi connectivity index (χ4n) is 8.77. The van der Waals surface area contributed by atoms with Crippen LogP contribution in [-0.2, 0) is 40.0 Å². The van der Waals surface area contributed by atoms with Gasteiger partial charge in [0.1, 0.15) is 12.1 Å². The summed E-state index contributed by atoms with van der Waals surface area (Å²) in [5, 5.41) is 8.49. The maximum Gasteiger partial charge on any atom is 0.243 e. The first kappa shape index (κ1) is 50.6. The Morgan fingerprint density at radius 3 is 2.24 bits per heavy atom. The van der Waals surface area contributed by atoms with Gasteiger partial charge >= 0.3 is 0 Å². The zero-order valence-electron chi connectivity index (χ0n) is 38.1. The van der Waals surface area contributed by atoms with Gasteiger partial charge in [-0.2, -0.15) is 0 Å². The number of rotatable bonds is 24. The van der Waals surface area contributed by atoms with Gasteiger partial charge in [0.2, 0.25) is 35.4 Å². The minimum absolute atomic E-state index is 0.00796. The van der Waals surface area contributed by atoms with Gasteiger partial charge in [0.05, 0.1) is 13.2 Å². The number of unbranched alkanes of at least 4 members (excludes halogenated alkanes) is 1. The van der Waals surface area contributed by atoms with Crippen molar-refractivity contribution in [2.24, 2.45) is 34.6 Å². The van der Waals surface area contributed by atoms with Crippen molar-refractivity contribution >= 4 is 47.2 Å². The molecule has 2 aliphatic rings. The summed E-state index contributed by atoms with van der Waals surface area (Å²) < 4.78 is 5.73. The number of aryl methyl sites for hydroxylation is 1. The monoisotopic (exact) mass is 872 g/mol. The number of benzene rings is 2. The van der Waals surface area contributed by atoms with Gasteiger partial charge in [-0.25, -0.2) is 0 Å². The minimum atomic E-state index is -0.835. The molecule has 6 amide bonds. The summed E-state index contributed by atoms with van der Waals surface area (Å²) in [5.41, 5.74) is 15.0. The van der Waals surface area contributed by atoms with E-state index < -0.39 is 23.9 Å². The largest absolute Gasteiger partial charge is 0.381 e. The van der Waals surface area contributed by atoms with Gasteiger partial charge in [0.25, 0.3) is 0 Å². The predicted octanol–water partition coefficient (Wildman–Crippen LogP) is 5.15. The van der Waals surface area contributed by atoms with Crippen molar-refractivity contribution in [3.63, 3.8) is 0 Å². The number of nitrogens with one attached hydrogen (secondary N) is 3. The number of primary amides is 1. The molecule has 1 unspecified atom stereocenters. The molecule has 0 aromatic heterocycles. The van der Waals surface area contributed by atoms with Crippen LogP contribution in [0.15, 0.2) is 55.1 Å². The summed E-state index contributed by atoms with van der Waals surface area (Å²) in [4.78, 5) is 81.7. The van der Waals surface area contributed by atoms with E-state index in [0.29, 0.717) is 58.5 Å². The molecule has 1 aliphatic carbocycles. The molecule has 14 heteroatoms. The Kier molecular flexibility index (Phi) is 20.3. The molecule has 4 rings (SSSR count). The Hall–Kier alpha value is -5.08. The van der Waals surface area contributed by atoms with Gasteiger partial charge in [0.15, 0.2) is 0 Å². The van der Waals surface area contributed by atoms with Crippen LogP contribution in [0.5, 0.6) is 0 Å². The number of anilines is 1. The summed E-state index contributed by atoms with van der Waals surface area (Å²) in [6.45, 7) is 14.5. The summed E-state index contributed by atoms with van der Waals surface area (Å²) in [5.74, 6) is -1.93. The van der Waals surface area contributed by atoms with Crippen LogP contribution in [0.2, 0.25) is 0 Å². The number of carbonyl (C=O) groups excluding carboxylic acids is 6. The molecule has 2 fully saturated rings. The lowest BCUT2D eigenvalue weighted by Gasteiger charge is -2.46. The van der Waals surface area contributed by atoms with Crippen LogP contribution in [0.3, 0.4) is 0 Å². The zero-order valence-corrected chi connectivity index (χ0v) is 38.1. The molecule has 1 aliphatic heterocycles. The third kappa shape index (κ3) is 15.3. The Bertz CT molecular complexity index is 1850. The van der Waals surface area contributed by atoms with E-state index in [1.165, 1.54) is 0 Å². The molecule has 0 bridgehead atoms. The standard InChI is InChI=1S/C49H73N7O7/c1-6-37-14-8-9-15-39(37)33-56(41-17-10-7-13-35(41)4)43(58)20-28-52-46(60)38-18-23-49(24-19-38)25-29-55(30-26-49)48(62)36(5)21-31-63-32-22-42(57)54-44(34(2)3)47(61)53-40(45(51)59)16-11-12-27-50/h6-10,13-15,17,34,36,38,40,44H,1,11-12,16,18-33,50H2,2-5H3,(H2,51,59)(H,52,60)(H,53,61)(H,54,57)/t36?,40-,44-/m0/s1. The lowest BCUT2D eigenvalue weighted by molar-refractivity contribution is -0.138. The lowest BCUT2D eigenvalue weighted by Crippen LogP contribution is -2.54. The predicted molar refractivity (Wildman–Crippen MR) is 247 cm³/mol. The summed E-state index contributed by atoms with van der Waals surface area (Å²) in [6, 6.07) is 14.1. The van der Waals surface area contributed by atoms with Gasteiger partial charge in [-0.1, -0.05) is 75.9 Å². The Morgan fingerprint density at radius 1 is 0.905 bits per heavy atom. The molecule has 2 aromatic rings. The molecule has 14 nitrogen and oxygen atoms in total. The molecule has 346 valence electrons. The maximum atomic E-state index is 13.7. The highest BCUT2D eigenvalue weighted by Crippen LogP contribution is 2.46. The van der Waals surface area contributed by atoms with Gasteiger partial charge in [-0.3, -0.25) is 28.8 Å². The van der Waals surface area contributed by atoms with Crippen LogP contribution in [0.4, 0.5) is 5.69 Å². The summed E-state index contributed by atoms with van der Waals surface area (Å²) in [7, 11) is 0. The van der Waals surface area contributed by atoms with Gasteiger partial charge < -0.3 is 42.0 Å². The van der Waals surface area contributed by atoms with Crippen molar-refractivity contribution in [2.75, 3.05) is 44.3 Å². The van der Waals surface area contributed by atoms with E-state index in [1.54, 1.807) is 11.0 Å². The van der Waals surface area contributed by atoms with Gasteiger partial charge in [-0.15, -0.1) is 0 Å². The first-order valence-corrected chi connectivity index (χ1v) is 23.0. The van der Waals surface area contributed by atoms with Crippen LogP contribution in [0.25, 0.3) is 6.08 Å². The van der Waals surface area contributed by atoms with E-state index in [9.17, 15) is 28.8 Å². The number of hydrogen-bond acceptors (Lipinski definition) is 8. The second-order valence-corrected chi connectivity index (χ2v) is 17.9. The number of carbonyl (C=O) groups is 6. The van der Waals surface area contributed by atoms with Crippen LogP contribution >= 0.6 is 0 Å². The molecule has 3 atom stereocenters. The molecule has 0 radical (unpaired) electrons. The fraction of sp³-hybridized carbons (Fsp3) is 0.592. The Labute approximate surface area is 374 Å². The quantitative estimate of drug-likeness (QED) is 0.0891. The topological polar surface area (TPSA) is 206 Å². The van der Waals surface area contributed by atoms with E-state index >= 15 is 0 Å². The van der Waals surface area contributed by atoms with E-state index in [2.05, 4.69) is 22.5 Å². The first-order valence-electron chi connectivity index (χ1n) is 23.0. The molecular weight excluding hydrogens is 799 g/mol. The van der Waals surface area contributed by atoms with Crippen LogP contribution in [0.1, 0.15) is 115 Å². The number of likely N-dealkylation sites (tertiary alicyclic amines) is 1. The molecule has 1 saturated carbocycles. The molecule has 1 saturated heterocycles. The van der Waals surface area contributed by atoms with E-state index in [4.69, 9.17) is 16.2 Å². The number of nitrogens with two attached hydrogens (primary N) is 2. The van der Waals surface area contributed by atoms with Crippen molar-refractivity contribution in [3.05, 3.63) is 71.8 Å². The first-order chi connectivity index (χ1) is 30.2. The fourth-order valence-corrected chi connectivity index (χ4v) is 8.77. The van der Waals surface area contributed by atoms with Gasteiger partial charge in [0, 0.05) is 56.6 Å². The Balaban J connectivity index is 1.13. The number of para-hydroxylation sites is 1. The van der Waals surface area contributed by atoms with Crippen molar-refractivity contribution in [2.45, 2.75) is 123 Å². The van der Waals surface area contributed by atoms with Crippen LogP contribution in [-0.4, -0.2) is 91.8 Å². The van der Waals surface area contributed by atoms with E-state index in [-0.39, 0.29) is 72.8 Å². The summed E-state index contributed by atoms with van der Waals surface area (Å²) in [6.07, 6.45) is 9.60. The molecule has 7 N–H and O–H groups in total. The highest BCUT2D eigenvalue weighted by Gasteiger charge is 2.41. The van der Waals surface area contributed by atoms with Crippen LogP contribution < -0.4 is 32.3 Å². The number of amides is 6. The molecule has 1 spiro atoms. The van der Waals surface area contributed by atoms with Gasteiger partial charge in [-0.05, 0) is 112 Å². The van der Waals surface area contributed by atoms with Crippen molar-refractivity contribution in [1.82, 2.24) is 20.9 Å². The average Bonchev–Trinajstić information content (AvgIpc) is 3.27. The van der Waals surface area contributed by atoms with Crippen molar-refractivity contribution < 1.29 is 33.5 Å². The molecule has 2 aromatic carbocycles. The smallest absolute Gasteiger partial charge is 0.243 e.